The summed E-state index contributed by atoms with van der Waals surface area (Å²) in [6.07, 6.45) is -2.27. The third kappa shape index (κ3) is 3.62. The Morgan fingerprint density at radius 2 is 1.83 bits per heavy atom. The van der Waals surface area contributed by atoms with E-state index in [9.17, 15) is 17.6 Å². The SMILES string of the molecule is CCCCCOc1ccc(C)c(F)c1C(F)(F)F. The van der Waals surface area contributed by atoms with Gasteiger partial charge in [-0.1, -0.05) is 25.8 Å². The van der Waals surface area contributed by atoms with Gasteiger partial charge in [0, 0.05) is 0 Å². The Morgan fingerprint density at radius 3 is 2.39 bits per heavy atom. The zero-order chi connectivity index (χ0) is 13.8. The summed E-state index contributed by atoms with van der Waals surface area (Å²) < 4.78 is 56.8. The van der Waals surface area contributed by atoms with Crippen LogP contribution in [0.5, 0.6) is 5.75 Å². The molecule has 1 nitrogen and oxygen atoms in total. The largest absolute Gasteiger partial charge is 0.493 e. The second-order valence-electron chi connectivity index (χ2n) is 4.12. The molecule has 0 saturated carbocycles. The van der Waals surface area contributed by atoms with Crippen LogP contribution >= 0.6 is 0 Å². The first-order valence-corrected chi connectivity index (χ1v) is 5.87. The molecule has 102 valence electrons. The molecule has 0 aliphatic heterocycles. The van der Waals surface area contributed by atoms with E-state index in [4.69, 9.17) is 4.74 Å². The van der Waals surface area contributed by atoms with Crippen LogP contribution < -0.4 is 4.74 Å². The number of rotatable bonds is 5. The van der Waals surface area contributed by atoms with Gasteiger partial charge in [-0.15, -0.1) is 0 Å². The van der Waals surface area contributed by atoms with E-state index in [1.54, 1.807) is 0 Å². The molecule has 0 unspecified atom stereocenters. The lowest BCUT2D eigenvalue weighted by atomic mass is 10.1. The number of unbranched alkanes of at least 4 members (excludes halogenated alkanes) is 2. The fourth-order valence-corrected chi connectivity index (χ4v) is 1.58. The molecule has 0 N–H and O–H groups in total. The van der Waals surface area contributed by atoms with Gasteiger partial charge < -0.3 is 4.74 Å². The predicted molar refractivity (Wildman–Crippen MR) is 61.2 cm³/mol. The summed E-state index contributed by atoms with van der Waals surface area (Å²) in [7, 11) is 0. The fraction of sp³-hybridized carbons (Fsp3) is 0.538. The molecule has 1 rings (SSSR count). The normalized spacial score (nSPS) is 11.7. The highest BCUT2D eigenvalue weighted by Crippen LogP contribution is 2.39. The first-order chi connectivity index (χ1) is 8.38. The van der Waals surface area contributed by atoms with Crippen molar-refractivity contribution in [3.63, 3.8) is 0 Å². The average Bonchev–Trinajstić information content (AvgIpc) is 2.27. The second-order valence-corrected chi connectivity index (χ2v) is 4.12. The highest BCUT2D eigenvalue weighted by Gasteiger charge is 2.38. The molecule has 0 saturated heterocycles. The summed E-state index contributed by atoms with van der Waals surface area (Å²) in [5, 5.41) is 0. The predicted octanol–water partition coefficient (Wildman–Crippen LogP) is 4.72. The molecule has 0 aromatic heterocycles. The highest BCUT2D eigenvalue weighted by molar-refractivity contribution is 5.40. The quantitative estimate of drug-likeness (QED) is 0.552. The molecule has 0 aliphatic carbocycles. The Kier molecular flexibility index (Phi) is 4.99. The Balaban J connectivity index is 2.94. The standard InChI is InChI=1S/C13H16F4O/c1-3-4-5-8-18-10-7-6-9(2)12(14)11(10)13(15,16)17/h6-7H,3-5,8H2,1-2H3. The van der Waals surface area contributed by atoms with Crippen molar-refractivity contribution >= 4 is 0 Å². The van der Waals surface area contributed by atoms with E-state index in [1.807, 2.05) is 6.92 Å². The number of aryl methyl sites for hydroxylation is 1. The van der Waals surface area contributed by atoms with E-state index in [0.717, 1.165) is 12.8 Å². The van der Waals surface area contributed by atoms with Crippen LogP contribution in [0.2, 0.25) is 0 Å². The van der Waals surface area contributed by atoms with Gasteiger partial charge >= 0.3 is 6.18 Å². The number of ether oxygens (including phenoxy) is 1. The lowest BCUT2D eigenvalue weighted by molar-refractivity contribution is -0.141. The molecule has 0 aliphatic rings. The molecule has 0 atom stereocenters. The smallest absolute Gasteiger partial charge is 0.422 e. The minimum absolute atomic E-state index is 0.0387. The molecule has 0 radical (unpaired) electrons. The number of halogens is 4. The van der Waals surface area contributed by atoms with Gasteiger partial charge in [0.05, 0.1) is 6.61 Å². The van der Waals surface area contributed by atoms with Gasteiger partial charge in [0.2, 0.25) is 0 Å². The molecule has 18 heavy (non-hydrogen) atoms. The second kappa shape index (κ2) is 6.07. The number of benzene rings is 1. The van der Waals surface area contributed by atoms with Crippen molar-refractivity contribution in [2.75, 3.05) is 6.61 Å². The average molecular weight is 264 g/mol. The van der Waals surface area contributed by atoms with E-state index >= 15 is 0 Å². The van der Waals surface area contributed by atoms with Crippen LogP contribution in [0.25, 0.3) is 0 Å². The topological polar surface area (TPSA) is 9.23 Å². The molecule has 0 amide bonds. The summed E-state index contributed by atoms with van der Waals surface area (Å²) in [5.74, 6) is -1.68. The van der Waals surface area contributed by atoms with Gasteiger partial charge in [0.15, 0.2) is 0 Å². The van der Waals surface area contributed by atoms with Gasteiger partial charge in [0.1, 0.15) is 17.1 Å². The minimum Gasteiger partial charge on any atom is -0.493 e. The van der Waals surface area contributed by atoms with Gasteiger partial charge in [-0.05, 0) is 25.0 Å². The van der Waals surface area contributed by atoms with Crippen molar-refractivity contribution in [2.24, 2.45) is 0 Å². The van der Waals surface area contributed by atoms with E-state index in [2.05, 4.69) is 0 Å². The van der Waals surface area contributed by atoms with Crippen molar-refractivity contribution in [3.05, 3.63) is 29.1 Å². The molecular formula is C13H16F4O. The summed E-state index contributed by atoms with van der Waals surface area (Å²) in [6.45, 7) is 3.44. The van der Waals surface area contributed by atoms with Crippen LogP contribution in [0.3, 0.4) is 0 Å². The Labute approximate surface area is 104 Å². The Bertz CT molecular complexity index is 399. The zero-order valence-corrected chi connectivity index (χ0v) is 10.4. The van der Waals surface area contributed by atoms with Crippen molar-refractivity contribution < 1.29 is 22.3 Å². The van der Waals surface area contributed by atoms with E-state index in [1.165, 1.54) is 19.1 Å². The van der Waals surface area contributed by atoms with Crippen molar-refractivity contribution in [1.29, 1.82) is 0 Å². The molecule has 0 bridgehead atoms. The number of hydrogen-bond acceptors (Lipinski definition) is 1. The maximum Gasteiger partial charge on any atom is 0.422 e. The number of alkyl halides is 3. The molecule has 0 fully saturated rings. The zero-order valence-electron chi connectivity index (χ0n) is 10.4. The fourth-order valence-electron chi connectivity index (χ4n) is 1.58. The van der Waals surface area contributed by atoms with E-state index in [-0.39, 0.29) is 12.2 Å². The van der Waals surface area contributed by atoms with Gasteiger partial charge in [-0.25, -0.2) is 4.39 Å². The molecule has 0 spiro atoms. The van der Waals surface area contributed by atoms with Gasteiger partial charge in [-0.3, -0.25) is 0 Å². The molecule has 1 aromatic rings. The van der Waals surface area contributed by atoms with Crippen LogP contribution in [0.1, 0.15) is 37.3 Å². The summed E-state index contributed by atoms with van der Waals surface area (Å²) in [4.78, 5) is 0. The van der Waals surface area contributed by atoms with Crippen LogP contribution in [0, 0.1) is 12.7 Å². The third-order valence-corrected chi connectivity index (χ3v) is 2.59. The monoisotopic (exact) mass is 264 g/mol. The Morgan fingerprint density at radius 1 is 1.17 bits per heavy atom. The van der Waals surface area contributed by atoms with Crippen molar-refractivity contribution in [1.82, 2.24) is 0 Å². The van der Waals surface area contributed by atoms with E-state index in [0.29, 0.717) is 6.42 Å². The van der Waals surface area contributed by atoms with Crippen LogP contribution in [0.4, 0.5) is 17.6 Å². The summed E-state index contributed by atoms with van der Waals surface area (Å²) >= 11 is 0. The minimum atomic E-state index is -4.74. The number of hydrogen-bond donors (Lipinski definition) is 0. The van der Waals surface area contributed by atoms with Crippen LogP contribution in [-0.2, 0) is 6.18 Å². The third-order valence-electron chi connectivity index (χ3n) is 2.59. The van der Waals surface area contributed by atoms with E-state index < -0.39 is 23.3 Å². The van der Waals surface area contributed by atoms with Gasteiger partial charge in [0.25, 0.3) is 0 Å². The van der Waals surface area contributed by atoms with Crippen LogP contribution in [0.15, 0.2) is 12.1 Å². The van der Waals surface area contributed by atoms with Crippen molar-refractivity contribution in [2.45, 2.75) is 39.3 Å². The van der Waals surface area contributed by atoms with Gasteiger partial charge in [-0.2, -0.15) is 13.2 Å². The summed E-state index contributed by atoms with van der Waals surface area (Å²) in [6, 6.07) is 2.47. The maximum absolute atomic E-state index is 13.5. The molecule has 1 aromatic carbocycles. The first kappa shape index (κ1) is 14.8. The van der Waals surface area contributed by atoms with Crippen LogP contribution in [-0.4, -0.2) is 6.61 Å². The molecule has 0 heterocycles. The molecule has 5 heteroatoms. The summed E-state index contributed by atoms with van der Waals surface area (Å²) in [5.41, 5.74) is -1.35. The highest BCUT2D eigenvalue weighted by atomic mass is 19.4. The first-order valence-electron chi connectivity index (χ1n) is 5.87. The Hall–Kier alpha value is -1.26. The molecular weight excluding hydrogens is 248 g/mol. The lowest BCUT2D eigenvalue weighted by Crippen LogP contribution is -2.13. The van der Waals surface area contributed by atoms with Crippen molar-refractivity contribution in [3.8, 4) is 5.75 Å². The lowest BCUT2D eigenvalue weighted by Gasteiger charge is -2.15. The maximum atomic E-state index is 13.5.